The zero-order valence-corrected chi connectivity index (χ0v) is 18.8. The first-order valence-corrected chi connectivity index (χ1v) is 11.6. The maximum Gasteiger partial charge on any atom is 0.321 e. The van der Waals surface area contributed by atoms with Crippen LogP contribution in [-0.2, 0) is 16.0 Å². The number of esters is 1. The molecule has 6 nitrogen and oxygen atoms in total. The SMILES string of the molecule is O=C(COC(=O)C1CCN(C(=O)Nc2ccccc2)CC1)c1ccc2c(c1)-c1ccccc1C2. The number of hydrogen-bond acceptors (Lipinski definition) is 4. The van der Waals surface area contributed by atoms with Gasteiger partial charge >= 0.3 is 12.0 Å². The maximum absolute atomic E-state index is 12.7. The summed E-state index contributed by atoms with van der Waals surface area (Å²) in [7, 11) is 0. The number of fused-ring (bicyclic) bond motifs is 3. The van der Waals surface area contributed by atoms with Crippen molar-refractivity contribution >= 4 is 23.5 Å². The smallest absolute Gasteiger partial charge is 0.321 e. The lowest BCUT2D eigenvalue weighted by Crippen LogP contribution is -2.42. The molecule has 0 spiro atoms. The molecule has 6 heteroatoms. The van der Waals surface area contributed by atoms with Crippen LogP contribution in [-0.4, -0.2) is 42.4 Å². The van der Waals surface area contributed by atoms with Gasteiger partial charge in [-0.25, -0.2) is 4.79 Å². The van der Waals surface area contributed by atoms with Gasteiger partial charge in [-0.05, 0) is 59.7 Å². The standard InChI is InChI=1S/C28H26N2O4/c31-26(22-11-10-21-16-20-6-4-5-9-24(20)25(21)17-22)18-34-27(32)19-12-14-30(15-13-19)28(33)29-23-7-2-1-3-8-23/h1-11,17,19H,12-16,18H2,(H,29,33). The van der Waals surface area contributed by atoms with Crippen LogP contribution in [0.4, 0.5) is 10.5 Å². The van der Waals surface area contributed by atoms with Crippen LogP contribution in [0.3, 0.4) is 0 Å². The summed E-state index contributed by atoms with van der Waals surface area (Å²) in [6, 6.07) is 23.0. The van der Waals surface area contributed by atoms with Gasteiger partial charge in [0, 0.05) is 24.3 Å². The highest BCUT2D eigenvalue weighted by Crippen LogP contribution is 2.36. The number of anilines is 1. The van der Waals surface area contributed by atoms with Crippen LogP contribution in [0.15, 0.2) is 72.8 Å². The van der Waals surface area contributed by atoms with Gasteiger partial charge in [-0.2, -0.15) is 0 Å². The molecular formula is C28H26N2O4. The fraction of sp³-hybridized carbons (Fsp3) is 0.250. The van der Waals surface area contributed by atoms with Crippen molar-refractivity contribution in [2.24, 2.45) is 5.92 Å². The molecule has 0 saturated carbocycles. The Morgan fingerprint density at radius 3 is 2.35 bits per heavy atom. The van der Waals surface area contributed by atoms with Crippen LogP contribution >= 0.6 is 0 Å². The molecule has 0 atom stereocenters. The number of carbonyl (C=O) groups is 3. The number of para-hydroxylation sites is 1. The minimum absolute atomic E-state index is 0.175. The molecule has 1 heterocycles. The molecule has 34 heavy (non-hydrogen) atoms. The highest BCUT2D eigenvalue weighted by atomic mass is 16.5. The van der Waals surface area contributed by atoms with Gasteiger partial charge in [0.15, 0.2) is 12.4 Å². The number of ether oxygens (including phenoxy) is 1. The van der Waals surface area contributed by atoms with E-state index in [0.29, 0.717) is 31.5 Å². The topological polar surface area (TPSA) is 75.7 Å². The number of ketones is 1. The van der Waals surface area contributed by atoms with Gasteiger partial charge in [0.25, 0.3) is 0 Å². The van der Waals surface area contributed by atoms with E-state index in [2.05, 4.69) is 17.4 Å². The molecule has 0 unspecified atom stereocenters. The number of likely N-dealkylation sites (tertiary alicyclic amines) is 1. The average molecular weight is 455 g/mol. The number of rotatable bonds is 5. The van der Waals surface area contributed by atoms with Crippen LogP contribution in [0.25, 0.3) is 11.1 Å². The highest BCUT2D eigenvalue weighted by molar-refractivity contribution is 5.99. The van der Waals surface area contributed by atoms with Crippen molar-refractivity contribution in [3.05, 3.63) is 89.5 Å². The molecule has 1 N–H and O–H groups in total. The number of nitrogens with zero attached hydrogens (tertiary/aromatic N) is 1. The summed E-state index contributed by atoms with van der Waals surface area (Å²) >= 11 is 0. The van der Waals surface area contributed by atoms with Crippen LogP contribution in [0.1, 0.15) is 34.3 Å². The monoisotopic (exact) mass is 454 g/mol. The van der Waals surface area contributed by atoms with E-state index < -0.39 is 0 Å². The van der Waals surface area contributed by atoms with Crippen molar-refractivity contribution in [3.63, 3.8) is 0 Å². The van der Waals surface area contributed by atoms with Crippen molar-refractivity contribution in [2.45, 2.75) is 19.3 Å². The Hall–Kier alpha value is -3.93. The lowest BCUT2D eigenvalue weighted by atomic mass is 9.97. The number of benzene rings is 3. The molecule has 2 amide bonds. The maximum atomic E-state index is 12.7. The molecule has 1 aliphatic heterocycles. The first-order chi connectivity index (χ1) is 16.6. The van der Waals surface area contributed by atoms with E-state index in [4.69, 9.17) is 4.74 Å². The Balaban J connectivity index is 1.12. The van der Waals surface area contributed by atoms with Crippen molar-refractivity contribution in [2.75, 3.05) is 25.0 Å². The Labute approximate surface area is 198 Å². The molecule has 3 aromatic carbocycles. The summed E-state index contributed by atoms with van der Waals surface area (Å²) < 4.78 is 5.37. The van der Waals surface area contributed by atoms with Crippen molar-refractivity contribution in [1.29, 1.82) is 0 Å². The first-order valence-electron chi connectivity index (χ1n) is 11.6. The Bertz CT molecular complexity index is 1230. The van der Waals surface area contributed by atoms with Gasteiger partial charge < -0.3 is 15.0 Å². The number of urea groups is 1. The van der Waals surface area contributed by atoms with E-state index in [1.54, 1.807) is 4.90 Å². The van der Waals surface area contributed by atoms with Crippen LogP contribution in [0.5, 0.6) is 0 Å². The molecule has 0 radical (unpaired) electrons. The molecular weight excluding hydrogens is 428 g/mol. The molecule has 0 bridgehead atoms. The lowest BCUT2D eigenvalue weighted by Gasteiger charge is -2.30. The molecule has 172 valence electrons. The predicted octanol–water partition coefficient (Wildman–Crippen LogP) is 4.93. The van der Waals surface area contributed by atoms with E-state index in [0.717, 1.165) is 23.2 Å². The highest BCUT2D eigenvalue weighted by Gasteiger charge is 2.29. The van der Waals surface area contributed by atoms with Crippen molar-refractivity contribution < 1.29 is 19.1 Å². The Morgan fingerprint density at radius 2 is 1.56 bits per heavy atom. The van der Waals surface area contributed by atoms with E-state index in [-0.39, 0.29) is 30.3 Å². The summed E-state index contributed by atoms with van der Waals surface area (Å²) in [6.07, 6.45) is 1.91. The molecule has 0 aromatic heterocycles. The number of amides is 2. The van der Waals surface area contributed by atoms with Crippen LogP contribution in [0, 0.1) is 5.92 Å². The predicted molar refractivity (Wildman–Crippen MR) is 130 cm³/mol. The first kappa shape index (κ1) is 21.9. The summed E-state index contributed by atoms with van der Waals surface area (Å²) in [5.74, 6) is -0.886. The molecule has 1 fully saturated rings. The zero-order chi connectivity index (χ0) is 23.5. The number of carbonyl (C=O) groups excluding carboxylic acids is 3. The van der Waals surface area contributed by atoms with Gasteiger partial charge in [0.2, 0.25) is 0 Å². The summed E-state index contributed by atoms with van der Waals surface area (Å²) in [5, 5.41) is 2.86. The van der Waals surface area contributed by atoms with Gasteiger partial charge in [-0.1, -0.05) is 54.6 Å². The van der Waals surface area contributed by atoms with Crippen molar-refractivity contribution in [3.8, 4) is 11.1 Å². The van der Waals surface area contributed by atoms with E-state index in [1.807, 2.05) is 60.7 Å². The number of nitrogens with one attached hydrogen (secondary N) is 1. The van der Waals surface area contributed by atoms with E-state index in [9.17, 15) is 14.4 Å². The van der Waals surface area contributed by atoms with Crippen molar-refractivity contribution in [1.82, 2.24) is 4.90 Å². The number of Topliss-reactive ketones (excluding diaryl/α,β-unsaturated/α-hetero) is 1. The second-order valence-electron chi connectivity index (χ2n) is 8.79. The van der Waals surface area contributed by atoms with E-state index in [1.165, 1.54) is 11.1 Å². The third-order valence-electron chi connectivity index (χ3n) is 6.61. The number of piperidine rings is 1. The normalized spacial score (nSPS) is 14.8. The van der Waals surface area contributed by atoms with Gasteiger partial charge in [0.1, 0.15) is 0 Å². The number of hydrogen-bond donors (Lipinski definition) is 1. The minimum atomic E-state index is -0.372. The zero-order valence-electron chi connectivity index (χ0n) is 18.8. The Kier molecular flexibility index (Phi) is 6.12. The third-order valence-corrected chi connectivity index (χ3v) is 6.61. The van der Waals surface area contributed by atoms with Crippen LogP contribution in [0.2, 0.25) is 0 Å². The van der Waals surface area contributed by atoms with Gasteiger partial charge in [-0.15, -0.1) is 0 Å². The molecule has 1 aliphatic carbocycles. The summed E-state index contributed by atoms with van der Waals surface area (Å²) in [5.41, 5.74) is 5.99. The molecule has 1 saturated heterocycles. The van der Waals surface area contributed by atoms with Gasteiger partial charge in [0.05, 0.1) is 5.92 Å². The van der Waals surface area contributed by atoms with E-state index >= 15 is 0 Å². The fourth-order valence-electron chi connectivity index (χ4n) is 4.68. The second kappa shape index (κ2) is 9.51. The second-order valence-corrected chi connectivity index (χ2v) is 8.79. The molecule has 2 aliphatic rings. The largest absolute Gasteiger partial charge is 0.457 e. The fourth-order valence-corrected chi connectivity index (χ4v) is 4.68. The summed E-state index contributed by atoms with van der Waals surface area (Å²) in [4.78, 5) is 39.4. The third kappa shape index (κ3) is 4.57. The summed E-state index contributed by atoms with van der Waals surface area (Å²) in [6.45, 7) is 0.668. The minimum Gasteiger partial charge on any atom is -0.457 e. The molecule has 5 rings (SSSR count). The van der Waals surface area contributed by atoms with Gasteiger partial charge in [-0.3, -0.25) is 9.59 Å². The average Bonchev–Trinajstić information content (AvgIpc) is 3.25. The Morgan fingerprint density at radius 1 is 0.853 bits per heavy atom. The quantitative estimate of drug-likeness (QED) is 0.343. The lowest BCUT2D eigenvalue weighted by molar-refractivity contribution is -0.148. The molecule has 3 aromatic rings. The van der Waals surface area contributed by atoms with Crippen LogP contribution < -0.4 is 5.32 Å².